The zero-order valence-corrected chi connectivity index (χ0v) is 19.0. The second kappa shape index (κ2) is 9.97. The maximum Gasteiger partial charge on any atom is 0.147 e. The van der Waals surface area contributed by atoms with E-state index in [1.165, 1.54) is 10.8 Å². The van der Waals surface area contributed by atoms with Crippen molar-refractivity contribution in [2.45, 2.75) is 26.0 Å². The Hall–Kier alpha value is -3.50. The molecule has 0 unspecified atom stereocenters. The van der Waals surface area contributed by atoms with Gasteiger partial charge in [0.05, 0.1) is 17.6 Å². The van der Waals surface area contributed by atoms with Gasteiger partial charge in [-0.25, -0.2) is 4.98 Å². The van der Waals surface area contributed by atoms with Gasteiger partial charge in [0.15, 0.2) is 0 Å². The number of halogens is 1. The third-order valence-corrected chi connectivity index (χ3v) is 5.93. The summed E-state index contributed by atoms with van der Waals surface area (Å²) >= 11 is 5.93. The molecular formula is C28H25ClN2O2. The van der Waals surface area contributed by atoms with Gasteiger partial charge in [-0.05, 0) is 72.1 Å². The summed E-state index contributed by atoms with van der Waals surface area (Å²) in [4.78, 5) is 4.84. The van der Waals surface area contributed by atoms with Crippen LogP contribution in [0.1, 0.15) is 18.7 Å². The van der Waals surface area contributed by atoms with Crippen LogP contribution in [0.25, 0.3) is 21.8 Å². The fourth-order valence-corrected chi connectivity index (χ4v) is 4.11. The molecule has 0 aliphatic carbocycles. The molecular weight excluding hydrogens is 432 g/mol. The smallest absolute Gasteiger partial charge is 0.147 e. The summed E-state index contributed by atoms with van der Waals surface area (Å²) < 4.78 is 14.2. The van der Waals surface area contributed by atoms with Crippen molar-refractivity contribution in [1.82, 2.24) is 9.55 Å². The Balaban J connectivity index is 1.24. The van der Waals surface area contributed by atoms with E-state index in [1.807, 2.05) is 48.5 Å². The molecule has 0 saturated heterocycles. The molecule has 5 aromatic rings. The standard InChI is InChI=1S/C28H25ClN2O2/c29-23-12-15-24(16-13-23)32-18-6-5-17-31-27-10-4-3-9-26(27)30-28(31)20-33-25-14-11-21-7-1-2-8-22(21)19-25/h1-4,7-16,19H,5-6,17-18,20H2. The van der Waals surface area contributed by atoms with E-state index in [-0.39, 0.29) is 0 Å². The molecule has 0 amide bonds. The number of rotatable bonds is 9. The highest BCUT2D eigenvalue weighted by molar-refractivity contribution is 6.30. The zero-order valence-electron chi connectivity index (χ0n) is 18.3. The normalized spacial score (nSPS) is 11.2. The highest BCUT2D eigenvalue weighted by Gasteiger charge is 2.11. The van der Waals surface area contributed by atoms with Crippen molar-refractivity contribution in [2.75, 3.05) is 6.61 Å². The van der Waals surface area contributed by atoms with Gasteiger partial charge in [0.25, 0.3) is 0 Å². The molecule has 4 nitrogen and oxygen atoms in total. The summed E-state index contributed by atoms with van der Waals surface area (Å²) in [6.45, 7) is 1.95. The minimum Gasteiger partial charge on any atom is -0.494 e. The van der Waals surface area contributed by atoms with E-state index in [2.05, 4.69) is 47.0 Å². The van der Waals surface area contributed by atoms with Crippen LogP contribution in [0.4, 0.5) is 0 Å². The van der Waals surface area contributed by atoms with Gasteiger partial charge in [0.2, 0.25) is 0 Å². The van der Waals surface area contributed by atoms with Gasteiger partial charge in [-0.15, -0.1) is 0 Å². The van der Waals surface area contributed by atoms with Gasteiger partial charge in [-0.2, -0.15) is 0 Å². The van der Waals surface area contributed by atoms with Gasteiger partial charge in [-0.3, -0.25) is 0 Å². The maximum absolute atomic E-state index is 6.15. The first kappa shape index (κ1) is 21.4. The quantitative estimate of drug-likeness (QED) is 0.219. The number of fused-ring (bicyclic) bond motifs is 2. The predicted octanol–water partition coefficient (Wildman–Crippen LogP) is 7.28. The molecule has 0 spiro atoms. The Kier molecular flexibility index (Phi) is 6.45. The largest absolute Gasteiger partial charge is 0.494 e. The number of imidazole rings is 1. The SMILES string of the molecule is Clc1ccc(OCCCCn2c(COc3ccc4ccccc4c3)nc3ccccc32)cc1. The lowest BCUT2D eigenvalue weighted by atomic mass is 10.1. The van der Waals surface area contributed by atoms with Crippen molar-refractivity contribution in [1.29, 1.82) is 0 Å². The molecule has 0 N–H and O–H groups in total. The van der Waals surface area contributed by atoms with Crippen molar-refractivity contribution < 1.29 is 9.47 Å². The molecule has 0 radical (unpaired) electrons. The fraction of sp³-hybridized carbons (Fsp3) is 0.179. The summed E-state index contributed by atoms with van der Waals surface area (Å²) in [6, 6.07) is 30.2. The van der Waals surface area contributed by atoms with Crippen LogP contribution in [0.15, 0.2) is 91.0 Å². The Labute approximate surface area is 198 Å². The van der Waals surface area contributed by atoms with Crippen LogP contribution >= 0.6 is 11.6 Å². The van der Waals surface area contributed by atoms with E-state index in [1.54, 1.807) is 0 Å². The molecule has 0 atom stereocenters. The number of hydrogen-bond donors (Lipinski definition) is 0. The van der Waals surface area contributed by atoms with E-state index in [0.29, 0.717) is 18.2 Å². The minimum atomic E-state index is 0.425. The van der Waals surface area contributed by atoms with Crippen LogP contribution in [0.5, 0.6) is 11.5 Å². The van der Waals surface area contributed by atoms with Crippen molar-refractivity contribution >= 4 is 33.4 Å². The average Bonchev–Trinajstić information content (AvgIpc) is 3.21. The minimum absolute atomic E-state index is 0.425. The molecule has 1 heterocycles. The lowest BCUT2D eigenvalue weighted by molar-refractivity contribution is 0.285. The number of unbranched alkanes of at least 4 members (excludes halogenated alkanes) is 1. The number of aromatic nitrogens is 2. The third kappa shape index (κ3) is 5.12. The predicted molar refractivity (Wildman–Crippen MR) is 134 cm³/mol. The molecule has 33 heavy (non-hydrogen) atoms. The van der Waals surface area contributed by atoms with E-state index in [0.717, 1.165) is 47.7 Å². The van der Waals surface area contributed by atoms with Crippen molar-refractivity contribution in [2.24, 2.45) is 0 Å². The maximum atomic E-state index is 6.15. The number of nitrogens with zero attached hydrogens (tertiary/aromatic N) is 2. The van der Waals surface area contributed by atoms with Crippen LogP contribution in [-0.4, -0.2) is 16.2 Å². The first-order valence-corrected chi connectivity index (χ1v) is 11.6. The van der Waals surface area contributed by atoms with Crippen LogP contribution in [0.2, 0.25) is 5.02 Å². The van der Waals surface area contributed by atoms with E-state index >= 15 is 0 Å². The van der Waals surface area contributed by atoms with Gasteiger partial charge >= 0.3 is 0 Å². The van der Waals surface area contributed by atoms with Gasteiger partial charge in [0.1, 0.15) is 23.9 Å². The number of benzene rings is 4. The van der Waals surface area contributed by atoms with Crippen LogP contribution < -0.4 is 9.47 Å². The zero-order chi connectivity index (χ0) is 22.5. The highest BCUT2D eigenvalue weighted by Crippen LogP contribution is 2.23. The number of aryl methyl sites for hydroxylation is 1. The molecule has 0 saturated carbocycles. The van der Waals surface area contributed by atoms with Gasteiger partial charge in [-0.1, -0.05) is 54.1 Å². The first-order valence-electron chi connectivity index (χ1n) is 11.2. The highest BCUT2D eigenvalue weighted by atomic mass is 35.5. The summed E-state index contributed by atoms with van der Waals surface area (Å²) in [5, 5.41) is 3.09. The Bertz CT molecular complexity index is 1360. The second-order valence-corrected chi connectivity index (χ2v) is 8.41. The van der Waals surface area contributed by atoms with Crippen LogP contribution in [-0.2, 0) is 13.2 Å². The summed E-state index contributed by atoms with van der Waals surface area (Å²) in [5.41, 5.74) is 2.13. The fourth-order valence-electron chi connectivity index (χ4n) is 3.98. The van der Waals surface area contributed by atoms with E-state index in [4.69, 9.17) is 26.1 Å². The molecule has 0 fully saturated rings. The summed E-state index contributed by atoms with van der Waals surface area (Å²) in [5.74, 6) is 2.63. The van der Waals surface area contributed by atoms with E-state index in [9.17, 15) is 0 Å². The van der Waals surface area contributed by atoms with Crippen molar-refractivity contribution in [3.63, 3.8) is 0 Å². The lowest BCUT2D eigenvalue weighted by Crippen LogP contribution is -2.09. The van der Waals surface area contributed by atoms with Crippen LogP contribution in [0, 0.1) is 0 Å². The monoisotopic (exact) mass is 456 g/mol. The Morgan fingerprint density at radius 3 is 2.36 bits per heavy atom. The topological polar surface area (TPSA) is 36.3 Å². The summed E-state index contributed by atoms with van der Waals surface area (Å²) in [7, 11) is 0. The van der Waals surface area contributed by atoms with Crippen molar-refractivity contribution in [3.8, 4) is 11.5 Å². The van der Waals surface area contributed by atoms with Crippen molar-refractivity contribution in [3.05, 3.63) is 102 Å². The lowest BCUT2D eigenvalue weighted by Gasteiger charge is -2.11. The molecule has 1 aromatic heterocycles. The average molecular weight is 457 g/mol. The number of ether oxygens (including phenoxy) is 2. The number of para-hydroxylation sites is 2. The van der Waals surface area contributed by atoms with E-state index < -0.39 is 0 Å². The molecule has 4 aromatic carbocycles. The Morgan fingerprint density at radius 2 is 1.48 bits per heavy atom. The molecule has 5 heteroatoms. The van der Waals surface area contributed by atoms with Crippen LogP contribution in [0.3, 0.4) is 0 Å². The number of hydrogen-bond acceptors (Lipinski definition) is 3. The summed E-state index contributed by atoms with van der Waals surface area (Å²) in [6.07, 6.45) is 1.93. The van der Waals surface area contributed by atoms with Gasteiger partial charge in [0, 0.05) is 11.6 Å². The molecule has 5 rings (SSSR count). The first-order chi connectivity index (χ1) is 16.3. The molecule has 0 aliphatic heterocycles. The molecule has 0 aliphatic rings. The van der Waals surface area contributed by atoms with Gasteiger partial charge < -0.3 is 14.0 Å². The third-order valence-electron chi connectivity index (χ3n) is 5.68. The molecule has 166 valence electrons. The Morgan fingerprint density at radius 1 is 0.727 bits per heavy atom. The molecule has 0 bridgehead atoms. The second-order valence-electron chi connectivity index (χ2n) is 7.98.